The lowest BCUT2D eigenvalue weighted by Gasteiger charge is -2.29. The highest BCUT2D eigenvalue weighted by Crippen LogP contribution is 2.37. The third-order valence-electron chi connectivity index (χ3n) is 6.11. The predicted octanol–water partition coefficient (Wildman–Crippen LogP) is 6.70. The van der Waals surface area contributed by atoms with Gasteiger partial charge in [-0.2, -0.15) is 8.78 Å². The number of halogens is 5. The summed E-state index contributed by atoms with van der Waals surface area (Å²) >= 11 is 0. The number of hydrogen-bond donors (Lipinski definition) is 2. The summed E-state index contributed by atoms with van der Waals surface area (Å²) in [6.45, 7) is -0.0317. The van der Waals surface area contributed by atoms with Crippen molar-refractivity contribution in [1.29, 1.82) is 0 Å². The highest BCUT2D eigenvalue weighted by Gasteiger charge is 2.27. The first kappa shape index (κ1) is 23.0. The Bertz CT molecular complexity index is 1170. The van der Waals surface area contributed by atoms with Gasteiger partial charge in [0.15, 0.2) is 23.1 Å². The van der Waals surface area contributed by atoms with Gasteiger partial charge in [-0.1, -0.05) is 18.2 Å². The molecular formula is C25H21F5O3. The van der Waals surface area contributed by atoms with Crippen molar-refractivity contribution >= 4 is 0 Å². The van der Waals surface area contributed by atoms with E-state index in [1.165, 1.54) is 24.3 Å². The lowest BCUT2D eigenvalue weighted by atomic mass is 9.82. The summed E-state index contributed by atoms with van der Waals surface area (Å²) in [4.78, 5) is 0. The lowest BCUT2D eigenvalue weighted by Crippen LogP contribution is -2.21. The second kappa shape index (κ2) is 9.39. The van der Waals surface area contributed by atoms with Gasteiger partial charge in [0, 0.05) is 11.1 Å². The van der Waals surface area contributed by atoms with Crippen LogP contribution in [0.2, 0.25) is 0 Å². The standard InChI is InChI=1S/C25H21F5O3/c26-19-11-14(18-8-10-21(32)25(30)23(18)28)1-2-15(19)12-33-16-5-3-13(4-6-16)17-7-9-20(31)24(29)22(17)27/h1-2,7-11,13,16,31-32H,3-6,12H2. The molecule has 0 saturated heterocycles. The van der Waals surface area contributed by atoms with Crippen LogP contribution < -0.4 is 0 Å². The second-order valence-electron chi connectivity index (χ2n) is 8.15. The van der Waals surface area contributed by atoms with Crippen molar-refractivity contribution in [2.75, 3.05) is 0 Å². The minimum Gasteiger partial charge on any atom is -0.505 e. The minimum absolute atomic E-state index is 0.0317. The number of ether oxygens (including phenoxy) is 1. The molecule has 33 heavy (non-hydrogen) atoms. The zero-order chi connectivity index (χ0) is 23.7. The van der Waals surface area contributed by atoms with Crippen molar-refractivity contribution in [3.8, 4) is 22.6 Å². The van der Waals surface area contributed by atoms with E-state index in [2.05, 4.69) is 0 Å². The second-order valence-corrected chi connectivity index (χ2v) is 8.15. The minimum atomic E-state index is -1.40. The summed E-state index contributed by atoms with van der Waals surface area (Å²) in [6.07, 6.45) is 2.07. The van der Waals surface area contributed by atoms with Crippen LogP contribution in [0, 0.1) is 29.1 Å². The molecule has 1 aliphatic rings. The molecule has 4 rings (SSSR count). The number of rotatable bonds is 5. The van der Waals surface area contributed by atoms with E-state index in [-0.39, 0.29) is 40.9 Å². The molecule has 8 heteroatoms. The summed E-state index contributed by atoms with van der Waals surface area (Å²) in [5.41, 5.74) is 0.416. The van der Waals surface area contributed by atoms with Gasteiger partial charge in [0.2, 0.25) is 11.6 Å². The third kappa shape index (κ3) is 4.66. The monoisotopic (exact) mass is 464 g/mol. The van der Waals surface area contributed by atoms with E-state index in [1.54, 1.807) is 0 Å². The van der Waals surface area contributed by atoms with Crippen molar-refractivity contribution in [3.05, 3.63) is 82.7 Å². The van der Waals surface area contributed by atoms with Gasteiger partial charge in [0.1, 0.15) is 5.82 Å². The Labute approximate surface area is 187 Å². The molecule has 0 heterocycles. The van der Waals surface area contributed by atoms with Gasteiger partial charge >= 0.3 is 0 Å². The number of phenolic OH excluding ortho intramolecular Hbond substituents is 2. The summed E-state index contributed by atoms with van der Waals surface area (Å²) in [5.74, 6) is -7.33. The molecule has 0 amide bonds. The van der Waals surface area contributed by atoms with Crippen LogP contribution in [-0.2, 0) is 11.3 Å². The van der Waals surface area contributed by atoms with E-state index in [9.17, 15) is 32.2 Å². The zero-order valence-corrected chi connectivity index (χ0v) is 17.4. The van der Waals surface area contributed by atoms with Gasteiger partial charge in [-0.05, 0) is 67.0 Å². The van der Waals surface area contributed by atoms with Gasteiger partial charge < -0.3 is 14.9 Å². The molecule has 174 valence electrons. The first-order valence-electron chi connectivity index (χ1n) is 10.5. The molecule has 0 aliphatic heterocycles. The fourth-order valence-electron chi connectivity index (χ4n) is 4.21. The van der Waals surface area contributed by atoms with Crippen molar-refractivity contribution in [2.45, 2.75) is 44.3 Å². The van der Waals surface area contributed by atoms with Crippen LogP contribution in [0.3, 0.4) is 0 Å². The molecule has 3 aromatic rings. The van der Waals surface area contributed by atoms with E-state index in [0.717, 1.165) is 18.2 Å². The Balaban J connectivity index is 1.37. The summed E-state index contributed by atoms with van der Waals surface area (Å²) in [7, 11) is 0. The van der Waals surface area contributed by atoms with E-state index >= 15 is 0 Å². The smallest absolute Gasteiger partial charge is 0.200 e. The summed E-state index contributed by atoms with van der Waals surface area (Å²) in [5, 5.41) is 18.5. The molecule has 0 atom stereocenters. The van der Waals surface area contributed by atoms with Crippen LogP contribution in [0.4, 0.5) is 22.0 Å². The van der Waals surface area contributed by atoms with E-state index in [4.69, 9.17) is 4.74 Å². The average molecular weight is 464 g/mol. The Hall–Kier alpha value is -3.13. The fourth-order valence-corrected chi connectivity index (χ4v) is 4.21. The molecule has 0 unspecified atom stereocenters. The highest BCUT2D eigenvalue weighted by molar-refractivity contribution is 5.65. The molecule has 0 spiro atoms. The Morgan fingerprint density at radius 1 is 0.727 bits per heavy atom. The number of aromatic hydroxyl groups is 2. The maximum absolute atomic E-state index is 14.6. The van der Waals surface area contributed by atoms with Crippen LogP contribution >= 0.6 is 0 Å². The predicted molar refractivity (Wildman–Crippen MR) is 111 cm³/mol. The van der Waals surface area contributed by atoms with Crippen LogP contribution in [0.1, 0.15) is 42.7 Å². The molecule has 3 nitrogen and oxygen atoms in total. The first-order valence-corrected chi connectivity index (χ1v) is 10.5. The summed E-state index contributed by atoms with van der Waals surface area (Å²) < 4.78 is 75.7. The quantitative estimate of drug-likeness (QED) is 0.413. The van der Waals surface area contributed by atoms with Gasteiger partial charge in [-0.3, -0.25) is 0 Å². The Morgan fingerprint density at radius 3 is 2.03 bits per heavy atom. The van der Waals surface area contributed by atoms with Crippen LogP contribution in [-0.4, -0.2) is 16.3 Å². The van der Waals surface area contributed by atoms with Crippen molar-refractivity contribution in [1.82, 2.24) is 0 Å². The first-order chi connectivity index (χ1) is 15.8. The molecule has 1 saturated carbocycles. The average Bonchev–Trinajstić information content (AvgIpc) is 2.81. The lowest BCUT2D eigenvalue weighted by molar-refractivity contribution is 0.0119. The zero-order valence-electron chi connectivity index (χ0n) is 17.4. The Morgan fingerprint density at radius 2 is 1.36 bits per heavy atom. The van der Waals surface area contributed by atoms with Gasteiger partial charge in [0.05, 0.1) is 12.7 Å². The van der Waals surface area contributed by atoms with Crippen molar-refractivity contribution < 1.29 is 36.9 Å². The molecule has 1 aliphatic carbocycles. The molecular weight excluding hydrogens is 443 g/mol. The number of benzene rings is 3. The van der Waals surface area contributed by atoms with E-state index < -0.39 is 40.6 Å². The van der Waals surface area contributed by atoms with Crippen LogP contribution in [0.25, 0.3) is 11.1 Å². The van der Waals surface area contributed by atoms with Crippen LogP contribution in [0.15, 0.2) is 42.5 Å². The Kier molecular flexibility index (Phi) is 6.56. The maximum Gasteiger partial charge on any atom is 0.200 e. The number of hydrogen-bond acceptors (Lipinski definition) is 3. The molecule has 0 bridgehead atoms. The summed E-state index contributed by atoms with van der Waals surface area (Å²) in [6, 6.07) is 8.63. The van der Waals surface area contributed by atoms with E-state index in [1.807, 2.05) is 0 Å². The van der Waals surface area contributed by atoms with Gasteiger partial charge in [-0.15, -0.1) is 0 Å². The largest absolute Gasteiger partial charge is 0.505 e. The number of phenols is 2. The SMILES string of the molecule is Oc1ccc(-c2ccc(COC3CCC(c4ccc(O)c(F)c4F)CC3)c(F)c2)c(F)c1F. The third-order valence-corrected chi connectivity index (χ3v) is 6.11. The fraction of sp³-hybridized carbons (Fsp3) is 0.280. The normalized spacial score (nSPS) is 18.5. The van der Waals surface area contributed by atoms with Crippen molar-refractivity contribution in [3.63, 3.8) is 0 Å². The van der Waals surface area contributed by atoms with Crippen LogP contribution in [0.5, 0.6) is 11.5 Å². The molecule has 2 N–H and O–H groups in total. The molecule has 0 aromatic heterocycles. The topological polar surface area (TPSA) is 49.7 Å². The van der Waals surface area contributed by atoms with Gasteiger partial charge in [0.25, 0.3) is 0 Å². The molecule has 0 radical (unpaired) electrons. The molecule has 3 aromatic carbocycles. The van der Waals surface area contributed by atoms with Crippen molar-refractivity contribution in [2.24, 2.45) is 0 Å². The highest BCUT2D eigenvalue weighted by atomic mass is 19.2. The van der Waals surface area contributed by atoms with E-state index in [0.29, 0.717) is 25.7 Å². The van der Waals surface area contributed by atoms with Gasteiger partial charge in [-0.25, -0.2) is 13.2 Å². The molecule has 1 fully saturated rings. The maximum atomic E-state index is 14.6.